The van der Waals surface area contributed by atoms with Crippen LogP contribution in [0.5, 0.6) is 0 Å². The first-order valence-electron chi connectivity index (χ1n) is 8.81. The van der Waals surface area contributed by atoms with Crippen molar-refractivity contribution >= 4 is 0 Å². The predicted molar refractivity (Wildman–Crippen MR) is 85.1 cm³/mol. The lowest BCUT2D eigenvalue weighted by atomic mass is 9.77. The average molecular weight is 282 g/mol. The van der Waals surface area contributed by atoms with Gasteiger partial charge in [0.05, 0.1) is 12.7 Å². The molecule has 2 fully saturated rings. The van der Waals surface area contributed by atoms with E-state index in [2.05, 4.69) is 31.0 Å². The first-order valence-corrected chi connectivity index (χ1v) is 8.81. The highest BCUT2D eigenvalue weighted by molar-refractivity contribution is 4.90. The van der Waals surface area contributed by atoms with Gasteiger partial charge < -0.3 is 10.1 Å². The van der Waals surface area contributed by atoms with Crippen molar-refractivity contribution in [2.75, 3.05) is 32.8 Å². The van der Waals surface area contributed by atoms with Crippen LogP contribution in [-0.2, 0) is 4.74 Å². The second-order valence-corrected chi connectivity index (χ2v) is 6.83. The minimum Gasteiger partial charge on any atom is -0.374 e. The van der Waals surface area contributed by atoms with Gasteiger partial charge in [0, 0.05) is 19.1 Å². The van der Waals surface area contributed by atoms with Crippen molar-refractivity contribution in [1.82, 2.24) is 10.2 Å². The van der Waals surface area contributed by atoms with E-state index >= 15 is 0 Å². The van der Waals surface area contributed by atoms with Gasteiger partial charge in [-0.2, -0.15) is 0 Å². The Balaban J connectivity index is 1.95. The largest absolute Gasteiger partial charge is 0.374 e. The maximum Gasteiger partial charge on any atom is 0.0857 e. The first-order chi connectivity index (χ1) is 9.74. The highest BCUT2D eigenvalue weighted by atomic mass is 16.5. The Kier molecular flexibility index (Phi) is 6.79. The van der Waals surface area contributed by atoms with Crippen LogP contribution in [0.4, 0.5) is 0 Å². The number of ether oxygens (including phenoxy) is 1. The Hall–Kier alpha value is -0.120. The minimum atomic E-state index is 0.394. The number of hydrogen-bond donors (Lipinski definition) is 1. The quantitative estimate of drug-likeness (QED) is 0.811. The van der Waals surface area contributed by atoms with Gasteiger partial charge in [0.1, 0.15) is 0 Å². The van der Waals surface area contributed by atoms with Crippen LogP contribution in [0.25, 0.3) is 0 Å². The normalized spacial score (nSPS) is 34.0. The third-order valence-corrected chi connectivity index (χ3v) is 5.04. The van der Waals surface area contributed by atoms with Crippen molar-refractivity contribution in [3.63, 3.8) is 0 Å². The van der Waals surface area contributed by atoms with E-state index in [1.54, 1.807) is 0 Å². The fraction of sp³-hybridized carbons (Fsp3) is 1.00. The minimum absolute atomic E-state index is 0.394. The molecule has 1 saturated carbocycles. The molecule has 20 heavy (non-hydrogen) atoms. The van der Waals surface area contributed by atoms with Crippen molar-refractivity contribution < 1.29 is 4.74 Å². The van der Waals surface area contributed by atoms with Crippen LogP contribution < -0.4 is 5.32 Å². The maximum absolute atomic E-state index is 6.15. The van der Waals surface area contributed by atoms with Crippen LogP contribution in [0.15, 0.2) is 0 Å². The summed E-state index contributed by atoms with van der Waals surface area (Å²) in [5.41, 5.74) is 0. The zero-order valence-corrected chi connectivity index (χ0v) is 13.7. The molecular weight excluding hydrogens is 248 g/mol. The summed E-state index contributed by atoms with van der Waals surface area (Å²) < 4.78 is 6.15. The van der Waals surface area contributed by atoms with Crippen LogP contribution in [0.2, 0.25) is 0 Å². The molecule has 2 aliphatic rings. The van der Waals surface area contributed by atoms with Crippen molar-refractivity contribution in [3.05, 3.63) is 0 Å². The molecule has 0 amide bonds. The summed E-state index contributed by atoms with van der Waals surface area (Å²) in [6.07, 6.45) is 7.23. The lowest BCUT2D eigenvalue weighted by Crippen LogP contribution is -2.55. The average Bonchev–Trinajstić information content (AvgIpc) is 2.45. The van der Waals surface area contributed by atoms with E-state index in [4.69, 9.17) is 4.74 Å². The number of likely N-dealkylation sites (N-methyl/N-ethyl adjacent to an activating group) is 1. The van der Waals surface area contributed by atoms with E-state index in [1.807, 2.05) is 0 Å². The molecule has 4 atom stereocenters. The third kappa shape index (κ3) is 4.44. The standard InChI is InChI=1S/C17H34N2O/c1-4-9-19-10-11-20-16(13-19)17(18-5-2)15-8-6-7-14(3)12-15/h14-18H,4-13H2,1-3H3. The molecule has 0 spiro atoms. The molecule has 118 valence electrons. The Morgan fingerprint density at radius 2 is 2.15 bits per heavy atom. The fourth-order valence-corrected chi connectivity index (χ4v) is 4.11. The second-order valence-electron chi connectivity index (χ2n) is 6.83. The van der Waals surface area contributed by atoms with Gasteiger partial charge in [0.2, 0.25) is 0 Å². The first kappa shape index (κ1) is 16.3. The summed E-state index contributed by atoms with van der Waals surface area (Å²) >= 11 is 0. The van der Waals surface area contributed by atoms with E-state index < -0.39 is 0 Å². The SMILES string of the molecule is CCCN1CCOC(C(NCC)C2CCCC(C)C2)C1. The van der Waals surface area contributed by atoms with Gasteiger partial charge in [-0.25, -0.2) is 0 Å². The molecule has 1 N–H and O–H groups in total. The number of hydrogen-bond acceptors (Lipinski definition) is 3. The molecule has 1 aliphatic carbocycles. The predicted octanol–water partition coefficient (Wildman–Crippen LogP) is 2.90. The van der Waals surface area contributed by atoms with Crippen LogP contribution >= 0.6 is 0 Å². The van der Waals surface area contributed by atoms with Gasteiger partial charge in [-0.15, -0.1) is 0 Å². The maximum atomic E-state index is 6.15. The van der Waals surface area contributed by atoms with Crippen molar-refractivity contribution in [2.24, 2.45) is 11.8 Å². The molecule has 0 aromatic rings. The summed E-state index contributed by atoms with van der Waals surface area (Å²) in [6, 6.07) is 0.558. The molecule has 0 bridgehead atoms. The van der Waals surface area contributed by atoms with Gasteiger partial charge in [0.15, 0.2) is 0 Å². The number of morpholine rings is 1. The van der Waals surface area contributed by atoms with Gasteiger partial charge in [-0.1, -0.05) is 33.6 Å². The smallest absolute Gasteiger partial charge is 0.0857 e. The van der Waals surface area contributed by atoms with Crippen LogP contribution in [0.1, 0.15) is 52.9 Å². The van der Waals surface area contributed by atoms with E-state index in [0.717, 1.165) is 38.1 Å². The van der Waals surface area contributed by atoms with Gasteiger partial charge >= 0.3 is 0 Å². The third-order valence-electron chi connectivity index (χ3n) is 5.04. The van der Waals surface area contributed by atoms with Crippen molar-refractivity contribution in [3.8, 4) is 0 Å². The van der Waals surface area contributed by atoms with Crippen LogP contribution in [-0.4, -0.2) is 49.8 Å². The number of nitrogens with zero attached hydrogens (tertiary/aromatic N) is 1. The van der Waals surface area contributed by atoms with E-state index in [9.17, 15) is 0 Å². The molecule has 4 unspecified atom stereocenters. The molecule has 2 rings (SSSR count). The van der Waals surface area contributed by atoms with Gasteiger partial charge in [-0.05, 0) is 44.2 Å². The molecule has 0 radical (unpaired) electrons. The Labute approximate surface area is 125 Å². The lowest BCUT2D eigenvalue weighted by molar-refractivity contribution is -0.0604. The molecule has 3 nitrogen and oxygen atoms in total. The lowest BCUT2D eigenvalue weighted by Gasteiger charge is -2.42. The summed E-state index contributed by atoms with van der Waals surface area (Å²) in [5, 5.41) is 3.75. The topological polar surface area (TPSA) is 24.5 Å². The van der Waals surface area contributed by atoms with Crippen molar-refractivity contribution in [1.29, 1.82) is 0 Å². The van der Waals surface area contributed by atoms with Gasteiger partial charge in [0.25, 0.3) is 0 Å². The van der Waals surface area contributed by atoms with E-state index in [1.165, 1.54) is 38.6 Å². The van der Waals surface area contributed by atoms with E-state index in [0.29, 0.717) is 12.1 Å². The van der Waals surface area contributed by atoms with E-state index in [-0.39, 0.29) is 0 Å². The number of rotatable bonds is 6. The monoisotopic (exact) mass is 282 g/mol. The molecular formula is C17H34N2O. The summed E-state index contributed by atoms with van der Waals surface area (Å²) in [5.74, 6) is 1.70. The zero-order valence-electron chi connectivity index (χ0n) is 13.7. The van der Waals surface area contributed by atoms with Crippen LogP contribution in [0.3, 0.4) is 0 Å². The summed E-state index contributed by atoms with van der Waals surface area (Å²) in [7, 11) is 0. The summed E-state index contributed by atoms with van der Waals surface area (Å²) in [6.45, 7) is 12.3. The summed E-state index contributed by atoms with van der Waals surface area (Å²) in [4.78, 5) is 2.59. The Morgan fingerprint density at radius 1 is 1.30 bits per heavy atom. The highest BCUT2D eigenvalue weighted by Gasteiger charge is 2.34. The fourth-order valence-electron chi connectivity index (χ4n) is 4.11. The highest BCUT2D eigenvalue weighted by Crippen LogP contribution is 2.33. The molecule has 1 aliphatic heterocycles. The molecule has 0 aromatic heterocycles. The molecule has 1 saturated heterocycles. The van der Waals surface area contributed by atoms with Crippen LogP contribution in [0, 0.1) is 11.8 Å². The molecule has 3 heteroatoms. The Morgan fingerprint density at radius 3 is 2.85 bits per heavy atom. The van der Waals surface area contributed by atoms with Gasteiger partial charge in [-0.3, -0.25) is 4.90 Å². The molecule has 0 aromatic carbocycles. The zero-order chi connectivity index (χ0) is 14.4. The molecule has 1 heterocycles. The Bertz CT molecular complexity index is 270. The van der Waals surface area contributed by atoms with Crippen molar-refractivity contribution in [2.45, 2.75) is 65.0 Å². The number of nitrogens with one attached hydrogen (secondary N) is 1. The second kappa shape index (κ2) is 8.35.